The van der Waals surface area contributed by atoms with Crippen molar-refractivity contribution < 1.29 is 14.7 Å². The zero-order chi connectivity index (χ0) is 15.6. The zero-order valence-electron chi connectivity index (χ0n) is 13.0. The second-order valence-electron chi connectivity index (χ2n) is 6.38. The Labute approximate surface area is 125 Å². The quantitative estimate of drug-likeness (QED) is 0.875. The fourth-order valence-electron chi connectivity index (χ4n) is 3.31. The predicted octanol–water partition coefficient (Wildman–Crippen LogP) is 2.99. The largest absolute Gasteiger partial charge is 0.481 e. The van der Waals surface area contributed by atoms with Crippen LogP contribution in [0.2, 0.25) is 0 Å². The van der Waals surface area contributed by atoms with E-state index in [2.05, 4.69) is 5.32 Å². The van der Waals surface area contributed by atoms with Crippen molar-refractivity contribution in [2.75, 3.05) is 6.54 Å². The summed E-state index contributed by atoms with van der Waals surface area (Å²) in [5, 5.41) is 11.9. The molecule has 1 saturated carbocycles. The van der Waals surface area contributed by atoms with Crippen LogP contribution in [0.3, 0.4) is 0 Å². The van der Waals surface area contributed by atoms with E-state index in [-0.39, 0.29) is 17.7 Å². The molecular formula is C17H23NO3. The van der Waals surface area contributed by atoms with Crippen molar-refractivity contribution in [3.8, 4) is 0 Å². The zero-order valence-corrected chi connectivity index (χ0v) is 13.0. The molecule has 1 aromatic rings. The fraction of sp³-hybridized carbons (Fsp3) is 0.529. The van der Waals surface area contributed by atoms with Gasteiger partial charge in [-0.3, -0.25) is 9.59 Å². The van der Waals surface area contributed by atoms with E-state index in [0.717, 1.165) is 36.0 Å². The van der Waals surface area contributed by atoms with Gasteiger partial charge in [0.15, 0.2) is 0 Å². The van der Waals surface area contributed by atoms with Crippen molar-refractivity contribution in [1.82, 2.24) is 5.32 Å². The number of benzene rings is 1. The molecule has 0 aliphatic heterocycles. The number of carboxylic acid groups (broad SMARTS) is 1. The van der Waals surface area contributed by atoms with Gasteiger partial charge in [-0.25, -0.2) is 0 Å². The third-order valence-corrected chi connectivity index (χ3v) is 4.47. The molecule has 0 saturated heterocycles. The highest BCUT2D eigenvalue weighted by atomic mass is 16.4. The van der Waals surface area contributed by atoms with Crippen molar-refractivity contribution in [2.24, 2.45) is 5.41 Å². The molecule has 0 unspecified atom stereocenters. The van der Waals surface area contributed by atoms with Crippen LogP contribution in [-0.2, 0) is 4.79 Å². The number of hydrogen-bond acceptors (Lipinski definition) is 2. The lowest BCUT2D eigenvalue weighted by Gasteiger charge is -2.40. The number of aliphatic carboxylic acids is 1. The third kappa shape index (κ3) is 3.43. The van der Waals surface area contributed by atoms with Crippen LogP contribution in [0.1, 0.15) is 52.7 Å². The number of amides is 1. The smallest absolute Gasteiger partial charge is 0.303 e. The number of carbonyl (C=O) groups excluding carboxylic acids is 1. The minimum absolute atomic E-state index is 0.0957. The highest BCUT2D eigenvalue weighted by Crippen LogP contribution is 2.43. The van der Waals surface area contributed by atoms with Crippen LogP contribution in [0.4, 0.5) is 0 Å². The second kappa shape index (κ2) is 5.88. The second-order valence-corrected chi connectivity index (χ2v) is 6.38. The monoisotopic (exact) mass is 289 g/mol. The number of carboxylic acids is 1. The minimum atomic E-state index is -0.786. The molecule has 4 nitrogen and oxygen atoms in total. The van der Waals surface area contributed by atoms with Gasteiger partial charge in [-0.2, -0.15) is 0 Å². The highest BCUT2D eigenvalue weighted by Gasteiger charge is 2.39. The van der Waals surface area contributed by atoms with Gasteiger partial charge in [-0.05, 0) is 50.2 Å². The predicted molar refractivity (Wildman–Crippen MR) is 81.5 cm³/mol. The molecule has 1 aliphatic carbocycles. The van der Waals surface area contributed by atoms with Crippen molar-refractivity contribution in [1.29, 1.82) is 0 Å². The number of nitrogens with one attached hydrogen (secondary N) is 1. The molecule has 21 heavy (non-hydrogen) atoms. The summed E-state index contributed by atoms with van der Waals surface area (Å²) in [5.74, 6) is -0.881. The van der Waals surface area contributed by atoms with E-state index in [9.17, 15) is 9.59 Å². The number of hydrogen-bond donors (Lipinski definition) is 2. The average molecular weight is 289 g/mol. The molecule has 2 rings (SSSR count). The van der Waals surface area contributed by atoms with E-state index in [1.807, 2.05) is 32.9 Å². The van der Waals surface area contributed by atoms with E-state index >= 15 is 0 Å². The molecule has 1 aromatic carbocycles. The summed E-state index contributed by atoms with van der Waals surface area (Å²) < 4.78 is 0. The van der Waals surface area contributed by atoms with Gasteiger partial charge in [0.2, 0.25) is 0 Å². The van der Waals surface area contributed by atoms with Gasteiger partial charge < -0.3 is 10.4 Å². The molecule has 4 heteroatoms. The molecule has 1 fully saturated rings. The van der Waals surface area contributed by atoms with Gasteiger partial charge >= 0.3 is 5.97 Å². The molecule has 0 heterocycles. The summed E-state index contributed by atoms with van der Waals surface area (Å²) in [6, 6.07) is 4.00. The van der Waals surface area contributed by atoms with E-state index in [4.69, 9.17) is 5.11 Å². The van der Waals surface area contributed by atoms with Gasteiger partial charge in [0, 0.05) is 12.1 Å². The van der Waals surface area contributed by atoms with Gasteiger partial charge in [0.05, 0.1) is 6.42 Å². The van der Waals surface area contributed by atoms with E-state index in [1.54, 1.807) is 0 Å². The van der Waals surface area contributed by atoms with Gasteiger partial charge in [0.25, 0.3) is 5.91 Å². The molecular weight excluding hydrogens is 266 g/mol. The molecule has 1 amide bonds. The maximum absolute atomic E-state index is 12.4. The van der Waals surface area contributed by atoms with Crippen LogP contribution in [0, 0.1) is 26.2 Å². The lowest BCUT2D eigenvalue weighted by Crippen LogP contribution is -2.43. The maximum Gasteiger partial charge on any atom is 0.303 e. The summed E-state index contributed by atoms with van der Waals surface area (Å²) in [5.41, 5.74) is 3.54. The standard InChI is InChI=1S/C17H23NO3/c1-11-7-12(2)15(13(3)8-11)16(21)18-10-17(5-4-6-17)9-14(19)20/h7-8H,4-6,9-10H2,1-3H3,(H,18,21)(H,19,20). The van der Waals surface area contributed by atoms with Crippen molar-refractivity contribution in [2.45, 2.75) is 46.5 Å². The summed E-state index contributed by atoms with van der Waals surface area (Å²) in [6.07, 6.45) is 2.95. The Hall–Kier alpha value is -1.84. The average Bonchev–Trinajstić information content (AvgIpc) is 2.30. The van der Waals surface area contributed by atoms with Crippen LogP contribution in [0.5, 0.6) is 0 Å². The Balaban J connectivity index is 2.07. The van der Waals surface area contributed by atoms with Gasteiger partial charge in [-0.15, -0.1) is 0 Å². The van der Waals surface area contributed by atoms with Crippen molar-refractivity contribution in [3.63, 3.8) is 0 Å². The van der Waals surface area contributed by atoms with Crippen molar-refractivity contribution in [3.05, 3.63) is 34.4 Å². The van der Waals surface area contributed by atoms with Crippen LogP contribution in [-0.4, -0.2) is 23.5 Å². The summed E-state index contributed by atoms with van der Waals surface area (Å²) >= 11 is 0. The lowest BCUT2D eigenvalue weighted by molar-refractivity contribution is -0.141. The Bertz CT molecular complexity index is 550. The molecule has 0 bridgehead atoms. The Morgan fingerprint density at radius 2 is 1.76 bits per heavy atom. The molecule has 0 aromatic heterocycles. The fourth-order valence-corrected chi connectivity index (χ4v) is 3.31. The molecule has 0 atom stereocenters. The lowest BCUT2D eigenvalue weighted by atomic mass is 9.66. The summed E-state index contributed by atoms with van der Waals surface area (Å²) in [4.78, 5) is 23.4. The van der Waals surface area contributed by atoms with Crippen LogP contribution < -0.4 is 5.32 Å². The Morgan fingerprint density at radius 3 is 2.19 bits per heavy atom. The molecule has 0 spiro atoms. The molecule has 1 aliphatic rings. The molecule has 114 valence electrons. The van der Waals surface area contributed by atoms with Crippen LogP contribution >= 0.6 is 0 Å². The van der Waals surface area contributed by atoms with Gasteiger partial charge in [-0.1, -0.05) is 24.1 Å². The maximum atomic E-state index is 12.4. The first-order valence-corrected chi connectivity index (χ1v) is 7.41. The van der Waals surface area contributed by atoms with Crippen LogP contribution in [0.25, 0.3) is 0 Å². The SMILES string of the molecule is Cc1cc(C)c(C(=O)NCC2(CC(=O)O)CCC2)c(C)c1. The Kier molecular flexibility index (Phi) is 4.35. The first-order valence-electron chi connectivity index (χ1n) is 7.41. The number of rotatable bonds is 5. The third-order valence-electron chi connectivity index (χ3n) is 4.47. The van der Waals surface area contributed by atoms with Crippen molar-refractivity contribution >= 4 is 11.9 Å². The summed E-state index contributed by atoms with van der Waals surface area (Å²) in [6.45, 7) is 6.33. The Morgan fingerprint density at radius 1 is 1.19 bits per heavy atom. The number of carbonyl (C=O) groups is 2. The highest BCUT2D eigenvalue weighted by molar-refractivity contribution is 5.97. The first-order chi connectivity index (χ1) is 9.83. The molecule has 2 N–H and O–H groups in total. The van der Waals surface area contributed by atoms with E-state index in [0.29, 0.717) is 12.1 Å². The van der Waals surface area contributed by atoms with Gasteiger partial charge in [0.1, 0.15) is 0 Å². The number of aryl methyl sites for hydroxylation is 3. The first kappa shape index (κ1) is 15.5. The van der Waals surface area contributed by atoms with E-state index < -0.39 is 5.97 Å². The topological polar surface area (TPSA) is 66.4 Å². The summed E-state index contributed by atoms with van der Waals surface area (Å²) in [7, 11) is 0. The van der Waals surface area contributed by atoms with Crippen LogP contribution in [0.15, 0.2) is 12.1 Å². The normalized spacial score (nSPS) is 16.1. The van der Waals surface area contributed by atoms with E-state index in [1.165, 1.54) is 0 Å². The minimum Gasteiger partial charge on any atom is -0.481 e. The molecule has 0 radical (unpaired) electrons.